The summed E-state index contributed by atoms with van der Waals surface area (Å²) in [7, 11) is 0. The Morgan fingerprint density at radius 2 is 0.917 bits per heavy atom. The second-order valence-electron chi connectivity index (χ2n) is 12.0. The fourth-order valence-electron chi connectivity index (χ4n) is 6.81. The van der Waals surface area contributed by atoms with Crippen LogP contribution >= 0.6 is 11.6 Å². The average Bonchev–Trinajstić information content (AvgIpc) is 3.60. The van der Waals surface area contributed by atoms with E-state index in [9.17, 15) is 0 Å². The van der Waals surface area contributed by atoms with Crippen LogP contribution in [-0.2, 0) is 0 Å². The molecule has 0 spiro atoms. The second-order valence-corrected chi connectivity index (χ2v) is 12.4. The van der Waals surface area contributed by atoms with Crippen LogP contribution in [0, 0.1) is 0 Å². The quantitative estimate of drug-likeness (QED) is 0.176. The highest BCUT2D eigenvalue weighted by Gasteiger charge is 2.17. The van der Waals surface area contributed by atoms with Crippen molar-refractivity contribution in [2.45, 2.75) is 0 Å². The van der Waals surface area contributed by atoms with Gasteiger partial charge in [0.25, 0.3) is 0 Å². The van der Waals surface area contributed by atoms with Gasteiger partial charge in [-0.05, 0) is 62.4 Å². The fraction of sp³-hybridized carbons (Fsp3) is 0. The SMILES string of the molecule is Clc1c2ccccc2c(-c2cccc(-c3cccc(-c4nc5c(-c6ccccc6)cc(-c6ccccc6)cn5n4)c3)c2)c2ccccc12. The van der Waals surface area contributed by atoms with Crippen LogP contribution in [0.4, 0.5) is 0 Å². The first-order chi connectivity index (χ1) is 23.7. The van der Waals surface area contributed by atoms with Gasteiger partial charge in [-0.2, -0.15) is 0 Å². The van der Waals surface area contributed by atoms with Gasteiger partial charge in [-0.1, -0.05) is 157 Å². The lowest BCUT2D eigenvalue weighted by atomic mass is 9.90. The van der Waals surface area contributed by atoms with Gasteiger partial charge in [0.05, 0.1) is 5.02 Å². The summed E-state index contributed by atoms with van der Waals surface area (Å²) in [6.07, 6.45) is 2.07. The zero-order valence-corrected chi connectivity index (χ0v) is 26.6. The Labute approximate surface area is 283 Å². The molecule has 0 bridgehead atoms. The van der Waals surface area contributed by atoms with Gasteiger partial charge < -0.3 is 0 Å². The van der Waals surface area contributed by atoms with E-state index in [1.807, 2.05) is 28.8 Å². The first kappa shape index (κ1) is 28.2. The maximum Gasteiger partial charge on any atom is 0.182 e. The van der Waals surface area contributed by atoms with Gasteiger partial charge >= 0.3 is 0 Å². The fourth-order valence-corrected chi connectivity index (χ4v) is 7.13. The third-order valence-corrected chi connectivity index (χ3v) is 9.50. The van der Waals surface area contributed by atoms with Crippen molar-refractivity contribution in [3.8, 4) is 55.9 Å². The number of pyridine rings is 1. The molecule has 0 aliphatic heterocycles. The average molecular weight is 634 g/mol. The van der Waals surface area contributed by atoms with Gasteiger partial charge in [-0.25, -0.2) is 9.50 Å². The van der Waals surface area contributed by atoms with E-state index in [0.29, 0.717) is 5.82 Å². The normalized spacial score (nSPS) is 11.4. The molecule has 3 nitrogen and oxygen atoms in total. The molecule has 7 aromatic carbocycles. The Hall–Kier alpha value is -6.03. The van der Waals surface area contributed by atoms with Crippen molar-refractivity contribution >= 4 is 38.8 Å². The molecule has 9 aromatic rings. The van der Waals surface area contributed by atoms with Gasteiger partial charge in [0.2, 0.25) is 0 Å². The Morgan fingerprint density at radius 3 is 1.56 bits per heavy atom. The number of hydrogen-bond acceptors (Lipinski definition) is 2. The van der Waals surface area contributed by atoms with E-state index in [1.54, 1.807) is 0 Å². The first-order valence-electron chi connectivity index (χ1n) is 16.0. The third kappa shape index (κ3) is 4.84. The van der Waals surface area contributed by atoms with Gasteiger partial charge in [0.1, 0.15) is 0 Å². The van der Waals surface area contributed by atoms with E-state index in [0.717, 1.165) is 76.7 Å². The van der Waals surface area contributed by atoms with Crippen LogP contribution in [0.3, 0.4) is 0 Å². The van der Waals surface area contributed by atoms with Gasteiger partial charge in [0.15, 0.2) is 11.5 Å². The maximum atomic E-state index is 6.94. The highest BCUT2D eigenvalue weighted by Crippen LogP contribution is 2.42. The minimum absolute atomic E-state index is 0.685. The molecule has 2 aromatic heterocycles. The maximum absolute atomic E-state index is 6.94. The molecular formula is C44H28ClN3. The number of halogens is 1. The molecule has 2 heterocycles. The van der Waals surface area contributed by atoms with E-state index in [2.05, 4.69) is 146 Å². The van der Waals surface area contributed by atoms with Crippen molar-refractivity contribution in [3.05, 3.63) is 175 Å². The van der Waals surface area contributed by atoms with Crippen LogP contribution in [0.5, 0.6) is 0 Å². The lowest BCUT2D eigenvalue weighted by Gasteiger charge is -2.15. The molecule has 9 rings (SSSR count). The Kier molecular flexibility index (Phi) is 6.84. The van der Waals surface area contributed by atoms with E-state index in [1.165, 1.54) is 5.56 Å². The monoisotopic (exact) mass is 633 g/mol. The zero-order valence-electron chi connectivity index (χ0n) is 25.9. The Balaban J connectivity index is 1.17. The summed E-state index contributed by atoms with van der Waals surface area (Å²) in [6, 6.07) is 57.1. The summed E-state index contributed by atoms with van der Waals surface area (Å²) in [5.74, 6) is 0.685. The van der Waals surface area contributed by atoms with E-state index >= 15 is 0 Å². The van der Waals surface area contributed by atoms with Crippen molar-refractivity contribution in [1.82, 2.24) is 14.6 Å². The van der Waals surface area contributed by atoms with Gasteiger partial charge in [-0.3, -0.25) is 0 Å². The molecule has 48 heavy (non-hydrogen) atoms. The summed E-state index contributed by atoms with van der Waals surface area (Å²) in [5, 5.41) is 10.2. The van der Waals surface area contributed by atoms with Crippen LogP contribution in [0.25, 0.3) is 83.1 Å². The van der Waals surface area contributed by atoms with Crippen molar-refractivity contribution in [2.75, 3.05) is 0 Å². The minimum atomic E-state index is 0.685. The lowest BCUT2D eigenvalue weighted by molar-refractivity contribution is 0.968. The van der Waals surface area contributed by atoms with Crippen molar-refractivity contribution < 1.29 is 0 Å². The van der Waals surface area contributed by atoms with E-state index < -0.39 is 0 Å². The molecule has 0 fully saturated rings. The second kappa shape index (κ2) is 11.6. The van der Waals surface area contributed by atoms with E-state index in [4.69, 9.17) is 21.7 Å². The smallest absolute Gasteiger partial charge is 0.182 e. The van der Waals surface area contributed by atoms with Crippen LogP contribution < -0.4 is 0 Å². The molecule has 0 amide bonds. The van der Waals surface area contributed by atoms with Crippen molar-refractivity contribution in [3.63, 3.8) is 0 Å². The topological polar surface area (TPSA) is 30.2 Å². The Bertz CT molecular complexity index is 2570. The third-order valence-electron chi connectivity index (χ3n) is 9.10. The van der Waals surface area contributed by atoms with Gasteiger partial charge in [0, 0.05) is 33.7 Å². The van der Waals surface area contributed by atoms with Crippen LogP contribution in [0.1, 0.15) is 0 Å². The molecule has 0 aliphatic rings. The highest BCUT2D eigenvalue weighted by atomic mass is 35.5. The molecular weight excluding hydrogens is 606 g/mol. The number of aromatic nitrogens is 3. The summed E-state index contributed by atoms with van der Waals surface area (Å²) in [5.41, 5.74) is 10.7. The minimum Gasteiger partial charge on any atom is -0.219 e. The molecule has 0 atom stereocenters. The molecule has 0 N–H and O–H groups in total. The molecule has 0 saturated heterocycles. The predicted molar refractivity (Wildman–Crippen MR) is 200 cm³/mol. The van der Waals surface area contributed by atoms with Crippen LogP contribution in [0.2, 0.25) is 5.02 Å². The molecule has 4 heteroatoms. The van der Waals surface area contributed by atoms with Crippen LogP contribution in [0.15, 0.2) is 170 Å². The first-order valence-corrected chi connectivity index (χ1v) is 16.4. The number of nitrogens with zero attached hydrogens (tertiary/aromatic N) is 3. The summed E-state index contributed by atoms with van der Waals surface area (Å²) < 4.78 is 1.92. The molecule has 0 saturated carbocycles. The van der Waals surface area contributed by atoms with Crippen molar-refractivity contribution in [2.24, 2.45) is 0 Å². The molecule has 0 aliphatic carbocycles. The largest absolute Gasteiger partial charge is 0.219 e. The number of rotatable bonds is 5. The zero-order chi connectivity index (χ0) is 32.0. The summed E-state index contributed by atoms with van der Waals surface area (Å²) in [6.45, 7) is 0. The summed E-state index contributed by atoms with van der Waals surface area (Å²) in [4.78, 5) is 5.11. The molecule has 226 valence electrons. The number of benzene rings is 7. The van der Waals surface area contributed by atoms with Crippen LogP contribution in [-0.4, -0.2) is 14.6 Å². The predicted octanol–water partition coefficient (Wildman–Crippen LogP) is 12.0. The number of hydrogen-bond donors (Lipinski definition) is 0. The standard InChI is InChI=1S/C44H28ClN3/c45-42-38-23-9-7-21-36(38)41(37-22-8-10-24-39(37)42)33-19-11-17-31(25-33)32-18-12-20-34(26-32)43-46-44-40(30-15-5-2-6-16-30)27-35(28-48(44)47-43)29-13-3-1-4-14-29/h1-28H. The molecule has 0 unspecified atom stereocenters. The van der Waals surface area contributed by atoms with Gasteiger partial charge in [-0.15, -0.1) is 5.10 Å². The molecule has 0 radical (unpaired) electrons. The van der Waals surface area contributed by atoms with E-state index in [-0.39, 0.29) is 0 Å². The lowest BCUT2D eigenvalue weighted by Crippen LogP contribution is -1.93. The van der Waals surface area contributed by atoms with Crippen molar-refractivity contribution in [1.29, 1.82) is 0 Å². The summed E-state index contributed by atoms with van der Waals surface area (Å²) >= 11 is 6.94. The number of fused-ring (bicyclic) bond motifs is 3. The Morgan fingerprint density at radius 1 is 0.417 bits per heavy atom. The highest BCUT2D eigenvalue weighted by molar-refractivity contribution is 6.42.